The number of hydrogen-bond acceptors (Lipinski definition) is 7. The Morgan fingerprint density at radius 1 is 1.24 bits per heavy atom. The summed E-state index contributed by atoms with van der Waals surface area (Å²) in [4.78, 5) is 23.9. The molecule has 11 heteroatoms. The van der Waals surface area contributed by atoms with Gasteiger partial charge in [-0.1, -0.05) is 17.7 Å². The molecule has 9 nitrogen and oxygen atoms in total. The van der Waals surface area contributed by atoms with Gasteiger partial charge in [0.05, 0.1) is 47.3 Å². The van der Waals surface area contributed by atoms with Crippen molar-refractivity contribution >= 4 is 39.2 Å². The van der Waals surface area contributed by atoms with Crippen molar-refractivity contribution in [2.45, 2.75) is 11.3 Å². The lowest BCUT2D eigenvalue weighted by Gasteiger charge is -2.23. The van der Waals surface area contributed by atoms with Gasteiger partial charge in [-0.05, 0) is 42.5 Å². The van der Waals surface area contributed by atoms with Crippen LogP contribution in [0, 0.1) is 11.3 Å². The van der Waals surface area contributed by atoms with Gasteiger partial charge in [-0.2, -0.15) is 5.26 Å². The largest absolute Gasteiger partial charge is 0.497 e. The molecule has 2 rings (SSSR count). The molecule has 0 aliphatic heterocycles. The first-order valence-electron chi connectivity index (χ1n) is 9.62. The number of amides is 1. The van der Waals surface area contributed by atoms with E-state index in [-0.39, 0.29) is 35.0 Å². The van der Waals surface area contributed by atoms with Crippen molar-refractivity contribution in [2.24, 2.45) is 0 Å². The van der Waals surface area contributed by atoms with Crippen molar-refractivity contribution < 1.29 is 27.5 Å². The van der Waals surface area contributed by atoms with Crippen LogP contribution in [0.4, 0.5) is 5.69 Å². The van der Waals surface area contributed by atoms with Crippen LogP contribution in [0.5, 0.6) is 5.75 Å². The normalized spacial score (nSPS) is 10.6. The molecule has 0 heterocycles. The molecule has 0 radical (unpaired) electrons. The first kappa shape index (κ1) is 25.7. The lowest BCUT2D eigenvalue weighted by atomic mass is 10.2. The Kier molecular flexibility index (Phi) is 9.27. The van der Waals surface area contributed by atoms with Crippen LogP contribution in [-0.4, -0.2) is 47.1 Å². The number of sulfonamides is 1. The molecule has 0 bridgehead atoms. The monoisotopic (exact) mass is 491 g/mol. The van der Waals surface area contributed by atoms with Crippen molar-refractivity contribution in [3.05, 3.63) is 65.7 Å². The molecule has 2 aromatic rings. The second kappa shape index (κ2) is 11.9. The Labute approximate surface area is 197 Å². The number of hydrogen-bond donors (Lipinski definition) is 1. The van der Waals surface area contributed by atoms with E-state index in [4.69, 9.17) is 26.3 Å². The van der Waals surface area contributed by atoms with Crippen LogP contribution in [0.25, 0.3) is 0 Å². The summed E-state index contributed by atoms with van der Waals surface area (Å²) in [5, 5.41) is 10.8. The molecule has 2 aromatic carbocycles. The van der Waals surface area contributed by atoms with Gasteiger partial charge in [0, 0.05) is 6.54 Å². The summed E-state index contributed by atoms with van der Waals surface area (Å²) >= 11 is 6.07. The molecule has 174 valence electrons. The van der Waals surface area contributed by atoms with Gasteiger partial charge in [-0.25, -0.2) is 13.2 Å². The number of anilines is 1. The molecular weight excluding hydrogens is 470 g/mol. The van der Waals surface area contributed by atoms with Gasteiger partial charge in [-0.15, -0.1) is 6.58 Å². The third-order valence-electron chi connectivity index (χ3n) is 4.29. The van der Waals surface area contributed by atoms with Gasteiger partial charge in [0.2, 0.25) is 0 Å². The van der Waals surface area contributed by atoms with Crippen molar-refractivity contribution in [3.63, 3.8) is 0 Å². The van der Waals surface area contributed by atoms with E-state index in [1.807, 2.05) is 6.07 Å². The summed E-state index contributed by atoms with van der Waals surface area (Å²) in [6.07, 6.45) is 1.54. The first-order chi connectivity index (χ1) is 15.7. The summed E-state index contributed by atoms with van der Waals surface area (Å²) < 4.78 is 37.8. The molecular formula is C22H22ClN3O6S. The number of nitrogens with zero attached hydrogens (tertiary/aromatic N) is 2. The Hall–Kier alpha value is -3.55. The second-order valence-electron chi connectivity index (χ2n) is 6.50. The quantitative estimate of drug-likeness (QED) is 0.291. The summed E-state index contributed by atoms with van der Waals surface area (Å²) in [5.41, 5.74) is 0.152. The molecule has 0 unspecified atom stereocenters. The molecule has 0 saturated heterocycles. The highest BCUT2D eigenvalue weighted by Gasteiger charge is 2.26. The van der Waals surface area contributed by atoms with Crippen molar-refractivity contribution in [1.29, 1.82) is 5.26 Å². The van der Waals surface area contributed by atoms with E-state index >= 15 is 0 Å². The molecule has 0 aliphatic carbocycles. The third-order valence-corrected chi connectivity index (χ3v) is 6.41. The number of carbonyl (C=O) groups excluding carboxylic acids is 2. The standard InChI is InChI=1S/C22H22ClN3O6S/c1-3-13-26(16-5-7-17(31-2)8-6-16)33(29,30)18-9-10-20(23)19(14-18)22(28)32-15-21(27)25-12-4-11-24/h3,5-10,14H,1,4,12-13,15H2,2H3,(H,25,27). The van der Waals surface area contributed by atoms with Crippen molar-refractivity contribution in [1.82, 2.24) is 5.32 Å². The molecule has 0 saturated carbocycles. The minimum atomic E-state index is -4.11. The summed E-state index contributed by atoms with van der Waals surface area (Å²) in [6, 6.07) is 11.9. The van der Waals surface area contributed by atoms with Gasteiger partial charge < -0.3 is 14.8 Å². The summed E-state index contributed by atoms with van der Waals surface area (Å²) in [5.74, 6) is -1.01. The number of rotatable bonds is 11. The number of methoxy groups -OCH3 is 1. The van der Waals surface area contributed by atoms with Gasteiger partial charge in [-0.3, -0.25) is 9.10 Å². The van der Waals surface area contributed by atoms with Gasteiger partial charge in [0.25, 0.3) is 15.9 Å². The van der Waals surface area contributed by atoms with Gasteiger partial charge in [0.1, 0.15) is 5.75 Å². The zero-order valence-corrected chi connectivity index (χ0v) is 19.4. The van der Waals surface area contributed by atoms with E-state index in [0.717, 1.165) is 10.4 Å². The number of esters is 1. The minimum Gasteiger partial charge on any atom is -0.497 e. The Bertz CT molecular complexity index is 1160. The number of benzene rings is 2. The highest BCUT2D eigenvalue weighted by molar-refractivity contribution is 7.92. The van der Waals surface area contributed by atoms with Crippen LogP contribution in [0.3, 0.4) is 0 Å². The average Bonchev–Trinajstić information content (AvgIpc) is 2.81. The Morgan fingerprint density at radius 3 is 2.55 bits per heavy atom. The summed E-state index contributed by atoms with van der Waals surface area (Å²) in [7, 11) is -2.61. The Balaban J connectivity index is 2.28. The molecule has 0 fully saturated rings. The predicted molar refractivity (Wildman–Crippen MR) is 123 cm³/mol. The number of carbonyl (C=O) groups is 2. The van der Waals surface area contributed by atoms with Crippen LogP contribution in [-0.2, 0) is 19.6 Å². The van der Waals surface area contributed by atoms with E-state index in [0.29, 0.717) is 11.4 Å². The highest BCUT2D eigenvalue weighted by Crippen LogP contribution is 2.28. The highest BCUT2D eigenvalue weighted by atomic mass is 35.5. The van der Waals surface area contributed by atoms with Crippen LogP contribution in [0.15, 0.2) is 60.0 Å². The van der Waals surface area contributed by atoms with Crippen LogP contribution < -0.4 is 14.4 Å². The third kappa shape index (κ3) is 6.71. The number of halogens is 1. The fraction of sp³-hybridized carbons (Fsp3) is 0.227. The van der Waals surface area contributed by atoms with Gasteiger partial charge in [0.15, 0.2) is 6.61 Å². The summed E-state index contributed by atoms with van der Waals surface area (Å²) in [6.45, 7) is 3.10. The smallest absolute Gasteiger partial charge is 0.340 e. The van der Waals surface area contributed by atoms with E-state index in [9.17, 15) is 18.0 Å². The average molecular weight is 492 g/mol. The SMILES string of the molecule is C=CCN(c1ccc(OC)cc1)S(=O)(=O)c1ccc(Cl)c(C(=O)OCC(=O)NCCC#N)c1. The lowest BCUT2D eigenvalue weighted by molar-refractivity contribution is -0.124. The van der Waals surface area contributed by atoms with E-state index in [2.05, 4.69) is 11.9 Å². The van der Waals surface area contributed by atoms with Gasteiger partial charge >= 0.3 is 5.97 Å². The van der Waals surface area contributed by atoms with E-state index in [1.54, 1.807) is 24.3 Å². The zero-order chi connectivity index (χ0) is 24.4. The molecule has 0 spiro atoms. The topological polar surface area (TPSA) is 126 Å². The van der Waals surface area contributed by atoms with Crippen LogP contribution in [0.2, 0.25) is 5.02 Å². The van der Waals surface area contributed by atoms with Crippen molar-refractivity contribution in [2.75, 3.05) is 31.1 Å². The van der Waals surface area contributed by atoms with Crippen LogP contribution in [0.1, 0.15) is 16.8 Å². The molecule has 33 heavy (non-hydrogen) atoms. The zero-order valence-electron chi connectivity index (χ0n) is 17.8. The number of ether oxygens (including phenoxy) is 2. The number of nitrogens with one attached hydrogen (secondary N) is 1. The lowest BCUT2D eigenvalue weighted by Crippen LogP contribution is -2.31. The second-order valence-corrected chi connectivity index (χ2v) is 8.77. The molecule has 0 atom stereocenters. The Morgan fingerprint density at radius 2 is 1.94 bits per heavy atom. The molecule has 0 aliphatic rings. The van der Waals surface area contributed by atoms with Crippen LogP contribution >= 0.6 is 11.6 Å². The maximum atomic E-state index is 13.3. The first-order valence-corrected chi connectivity index (χ1v) is 11.4. The maximum absolute atomic E-state index is 13.3. The maximum Gasteiger partial charge on any atom is 0.340 e. The fourth-order valence-corrected chi connectivity index (χ4v) is 4.33. The van der Waals surface area contributed by atoms with E-state index < -0.39 is 28.5 Å². The fourth-order valence-electron chi connectivity index (χ4n) is 2.67. The van der Waals surface area contributed by atoms with E-state index in [1.165, 1.54) is 25.3 Å². The molecule has 1 N–H and O–H groups in total. The van der Waals surface area contributed by atoms with Crippen molar-refractivity contribution in [3.8, 4) is 11.8 Å². The minimum absolute atomic E-state index is 0.0278. The molecule has 1 amide bonds. The molecule has 0 aromatic heterocycles. The number of nitriles is 1. The predicted octanol–water partition coefficient (Wildman–Crippen LogP) is 2.92.